The van der Waals surface area contributed by atoms with Gasteiger partial charge in [0.15, 0.2) is 0 Å². The lowest BCUT2D eigenvalue weighted by Gasteiger charge is -2.34. The first-order valence-electron chi connectivity index (χ1n) is 8.95. The van der Waals surface area contributed by atoms with Gasteiger partial charge >= 0.3 is 0 Å². The molecule has 0 bridgehead atoms. The fourth-order valence-electron chi connectivity index (χ4n) is 3.23. The second-order valence-electron chi connectivity index (χ2n) is 7.55. The number of quaternary nitrogens is 1. The Balaban J connectivity index is 2.17. The highest BCUT2D eigenvalue weighted by Crippen LogP contribution is 2.32. The second-order valence-corrected chi connectivity index (χ2v) is 7.55. The van der Waals surface area contributed by atoms with Gasteiger partial charge in [-0.05, 0) is 31.2 Å². The third-order valence-electron chi connectivity index (χ3n) is 4.65. The molecular weight excluding hydrogens is 326 g/mol. The van der Waals surface area contributed by atoms with Gasteiger partial charge in [0.05, 0.1) is 56.7 Å². The van der Waals surface area contributed by atoms with Gasteiger partial charge in [0.25, 0.3) is 11.8 Å². The van der Waals surface area contributed by atoms with Crippen molar-refractivity contribution in [2.24, 2.45) is 0 Å². The molecule has 2 aromatic rings. The zero-order valence-electron chi connectivity index (χ0n) is 15.9. The van der Waals surface area contributed by atoms with Gasteiger partial charge in [0, 0.05) is 6.54 Å². The average Bonchev–Trinajstić information content (AvgIpc) is 2.61. The van der Waals surface area contributed by atoms with Crippen molar-refractivity contribution < 1.29 is 14.1 Å². The first-order chi connectivity index (χ1) is 12.3. The molecule has 0 aromatic heterocycles. The summed E-state index contributed by atoms with van der Waals surface area (Å²) < 4.78 is 0.739. The third kappa shape index (κ3) is 3.35. The summed E-state index contributed by atoms with van der Waals surface area (Å²) >= 11 is 0. The van der Waals surface area contributed by atoms with E-state index in [9.17, 15) is 9.59 Å². The smallest absolute Gasteiger partial charge is 0.260 e. The first kappa shape index (κ1) is 18.1. The minimum Gasteiger partial charge on any atom is -0.329 e. The molecule has 0 spiro atoms. The highest BCUT2D eigenvalue weighted by molar-refractivity contribution is 6.20. The van der Waals surface area contributed by atoms with E-state index in [0.717, 1.165) is 11.0 Å². The molecule has 0 saturated heterocycles. The maximum Gasteiger partial charge on any atom is 0.260 e. The molecule has 5 nitrogen and oxygen atoms in total. The topological polar surface area (TPSA) is 40.6 Å². The van der Waals surface area contributed by atoms with E-state index in [1.54, 1.807) is 21.9 Å². The molecule has 0 fully saturated rings. The SMILES string of the molecule is CCN1C(=O)c2ccccc2N(CC[N+](C)(C)C)C(=O)c2ccccc21. The number of amides is 2. The van der Waals surface area contributed by atoms with E-state index in [4.69, 9.17) is 0 Å². The van der Waals surface area contributed by atoms with E-state index in [1.165, 1.54) is 0 Å². The lowest BCUT2D eigenvalue weighted by Crippen LogP contribution is -2.46. The van der Waals surface area contributed by atoms with Gasteiger partial charge < -0.3 is 14.3 Å². The lowest BCUT2D eigenvalue weighted by molar-refractivity contribution is -0.868. The van der Waals surface area contributed by atoms with Crippen LogP contribution >= 0.6 is 0 Å². The molecule has 26 heavy (non-hydrogen) atoms. The molecule has 3 rings (SSSR count). The molecule has 1 heterocycles. The molecule has 1 aliphatic rings. The van der Waals surface area contributed by atoms with Crippen molar-refractivity contribution in [3.63, 3.8) is 0 Å². The van der Waals surface area contributed by atoms with Crippen molar-refractivity contribution in [3.8, 4) is 0 Å². The summed E-state index contributed by atoms with van der Waals surface area (Å²) in [5.74, 6) is -0.134. The molecule has 5 heteroatoms. The fraction of sp³-hybridized carbons (Fsp3) is 0.333. The van der Waals surface area contributed by atoms with Gasteiger partial charge in [-0.25, -0.2) is 0 Å². The quantitative estimate of drug-likeness (QED) is 0.794. The van der Waals surface area contributed by atoms with E-state index in [0.29, 0.717) is 35.6 Å². The van der Waals surface area contributed by atoms with E-state index < -0.39 is 0 Å². The molecule has 2 amide bonds. The second kappa shape index (κ2) is 6.92. The molecular formula is C21H26N3O2+. The number of para-hydroxylation sites is 2. The fourth-order valence-corrected chi connectivity index (χ4v) is 3.23. The summed E-state index contributed by atoms with van der Waals surface area (Å²) in [5.41, 5.74) is 2.50. The molecule has 0 atom stereocenters. The predicted molar refractivity (Wildman–Crippen MR) is 105 cm³/mol. The first-order valence-corrected chi connectivity index (χ1v) is 8.95. The number of anilines is 2. The average molecular weight is 352 g/mol. The molecule has 0 aliphatic carbocycles. The van der Waals surface area contributed by atoms with E-state index in [-0.39, 0.29) is 11.8 Å². The van der Waals surface area contributed by atoms with Crippen LogP contribution in [-0.2, 0) is 0 Å². The van der Waals surface area contributed by atoms with Gasteiger partial charge in [-0.3, -0.25) is 9.59 Å². The maximum atomic E-state index is 13.4. The zero-order valence-corrected chi connectivity index (χ0v) is 15.9. The molecule has 0 radical (unpaired) electrons. The molecule has 0 saturated carbocycles. The largest absolute Gasteiger partial charge is 0.329 e. The number of nitrogens with zero attached hydrogens (tertiary/aromatic N) is 3. The van der Waals surface area contributed by atoms with Crippen molar-refractivity contribution in [1.82, 2.24) is 0 Å². The highest BCUT2D eigenvalue weighted by atomic mass is 16.2. The summed E-state index contributed by atoms with van der Waals surface area (Å²) in [6, 6.07) is 14.8. The summed E-state index contributed by atoms with van der Waals surface area (Å²) in [6.07, 6.45) is 0. The van der Waals surface area contributed by atoms with Gasteiger partial charge in [-0.15, -0.1) is 0 Å². The number of carbonyl (C=O) groups excluding carboxylic acids is 2. The Morgan fingerprint density at radius 2 is 1.23 bits per heavy atom. The number of benzene rings is 2. The van der Waals surface area contributed by atoms with E-state index in [2.05, 4.69) is 21.1 Å². The van der Waals surface area contributed by atoms with Crippen molar-refractivity contribution in [2.75, 3.05) is 50.6 Å². The van der Waals surface area contributed by atoms with Crippen LogP contribution in [0.2, 0.25) is 0 Å². The maximum absolute atomic E-state index is 13.4. The van der Waals surface area contributed by atoms with Gasteiger partial charge in [-0.2, -0.15) is 0 Å². The Labute approximate surface area is 155 Å². The van der Waals surface area contributed by atoms with E-state index in [1.807, 2.05) is 43.3 Å². The number of likely N-dealkylation sites (N-methyl/N-ethyl adjacent to an activating group) is 1. The summed E-state index contributed by atoms with van der Waals surface area (Å²) in [7, 11) is 6.29. The van der Waals surface area contributed by atoms with Crippen LogP contribution in [0.4, 0.5) is 11.4 Å². The van der Waals surface area contributed by atoms with Crippen molar-refractivity contribution in [1.29, 1.82) is 0 Å². The van der Waals surface area contributed by atoms with Crippen molar-refractivity contribution >= 4 is 23.2 Å². The van der Waals surface area contributed by atoms with Crippen LogP contribution in [0.1, 0.15) is 27.6 Å². The highest BCUT2D eigenvalue weighted by Gasteiger charge is 2.32. The monoisotopic (exact) mass is 352 g/mol. The standard InChI is InChI=1S/C21H26N3O2/c1-5-22-18-12-8-6-10-16(18)21(26)23(14-15-24(2,3)4)19-13-9-7-11-17(19)20(22)25/h6-13H,5,14-15H2,1-4H3/q+1. The van der Waals surface area contributed by atoms with Gasteiger partial charge in [0.1, 0.15) is 0 Å². The number of fused-ring (bicyclic) bond motifs is 2. The minimum absolute atomic E-state index is 0.0625. The van der Waals surface area contributed by atoms with Crippen LogP contribution in [0.3, 0.4) is 0 Å². The van der Waals surface area contributed by atoms with Crippen LogP contribution in [-0.4, -0.2) is 57.1 Å². The van der Waals surface area contributed by atoms with Crippen LogP contribution in [0.5, 0.6) is 0 Å². The van der Waals surface area contributed by atoms with Crippen LogP contribution < -0.4 is 9.80 Å². The van der Waals surface area contributed by atoms with Gasteiger partial charge in [0.2, 0.25) is 0 Å². The number of hydrogen-bond acceptors (Lipinski definition) is 2. The van der Waals surface area contributed by atoms with Crippen LogP contribution in [0, 0.1) is 0 Å². The molecule has 2 aromatic carbocycles. The van der Waals surface area contributed by atoms with Crippen LogP contribution in [0.15, 0.2) is 48.5 Å². The summed E-state index contributed by atoms with van der Waals surface area (Å²) in [5, 5.41) is 0. The van der Waals surface area contributed by atoms with Crippen molar-refractivity contribution in [3.05, 3.63) is 59.7 Å². The van der Waals surface area contributed by atoms with Crippen LogP contribution in [0.25, 0.3) is 0 Å². The number of hydrogen-bond donors (Lipinski definition) is 0. The Morgan fingerprint density at radius 3 is 1.73 bits per heavy atom. The minimum atomic E-state index is -0.0710. The lowest BCUT2D eigenvalue weighted by atomic mass is 10.0. The molecule has 136 valence electrons. The normalized spacial score (nSPS) is 14.6. The Morgan fingerprint density at radius 1 is 0.769 bits per heavy atom. The summed E-state index contributed by atoms with van der Waals surface area (Å²) in [6.45, 7) is 3.77. The molecule has 1 aliphatic heterocycles. The molecule has 0 N–H and O–H groups in total. The van der Waals surface area contributed by atoms with Crippen molar-refractivity contribution in [2.45, 2.75) is 6.92 Å². The number of rotatable bonds is 4. The Hall–Kier alpha value is -2.66. The van der Waals surface area contributed by atoms with Gasteiger partial charge in [-0.1, -0.05) is 24.3 Å². The zero-order chi connectivity index (χ0) is 18.9. The third-order valence-corrected chi connectivity index (χ3v) is 4.65. The van der Waals surface area contributed by atoms with E-state index >= 15 is 0 Å². The number of carbonyl (C=O) groups is 2. The summed E-state index contributed by atoms with van der Waals surface area (Å²) in [4.78, 5) is 30.1. The Bertz CT molecular complexity index is 839. The Kier molecular flexibility index (Phi) is 4.83. The predicted octanol–water partition coefficient (Wildman–Crippen LogP) is 3.02. The molecule has 0 unspecified atom stereocenters.